The number of benzene rings is 1. The zero-order valence-electron chi connectivity index (χ0n) is 26.6. The molecule has 1 aliphatic heterocycles. The van der Waals surface area contributed by atoms with Gasteiger partial charge in [-0.3, -0.25) is 19.6 Å². The summed E-state index contributed by atoms with van der Waals surface area (Å²) in [5.74, 6) is 1.58. The molecule has 12 nitrogen and oxygen atoms in total. The molecule has 4 aromatic heterocycles. The molecule has 46 heavy (non-hydrogen) atoms. The van der Waals surface area contributed by atoms with Crippen LogP contribution in [0.4, 0.5) is 0 Å². The average molecular weight is 622 g/mol. The number of hydrazine groups is 1. The third kappa shape index (κ3) is 5.47. The van der Waals surface area contributed by atoms with Gasteiger partial charge in [-0.15, -0.1) is 0 Å². The van der Waals surface area contributed by atoms with Crippen LogP contribution in [0.2, 0.25) is 0 Å². The molecule has 12 heteroatoms. The summed E-state index contributed by atoms with van der Waals surface area (Å²) in [5, 5.41) is 7.67. The van der Waals surface area contributed by atoms with Crippen LogP contribution < -0.4 is 15.8 Å². The Morgan fingerprint density at radius 1 is 1.09 bits per heavy atom. The number of carbonyl (C=O) groups excluding carboxylic acids is 2. The van der Waals surface area contributed by atoms with Gasteiger partial charge in [0.15, 0.2) is 5.82 Å². The molecule has 0 bridgehead atoms. The number of rotatable bonds is 8. The zero-order valence-corrected chi connectivity index (χ0v) is 26.6. The van der Waals surface area contributed by atoms with E-state index in [1.165, 1.54) is 12.8 Å². The van der Waals surface area contributed by atoms with Crippen molar-refractivity contribution in [1.82, 2.24) is 39.4 Å². The average Bonchev–Trinajstić information content (AvgIpc) is 3.74. The number of carbonyl (C=O) groups is 2. The second kappa shape index (κ2) is 11.8. The van der Waals surface area contributed by atoms with Crippen LogP contribution in [0.1, 0.15) is 58.6 Å². The van der Waals surface area contributed by atoms with Gasteiger partial charge in [0.1, 0.15) is 16.9 Å². The van der Waals surface area contributed by atoms with E-state index in [9.17, 15) is 9.59 Å². The summed E-state index contributed by atoms with van der Waals surface area (Å²) in [6.07, 6.45) is 6.39. The number of amides is 2. The molecular weight excluding hydrogens is 582 g/mol. The summed E-state index contributed by atoms with van der Waals surface area (Å²) >= 11 is 0. The van der Waals surface area contributed by atoms with Crippen molar-refractivity contribution in [3.8, 4) is 17.3 Å². The highest BCUT2D eigenvalue weighted by molar-refractivity contribution is 6.00. The number of fused-ring (bicyclic) bond motifs is 2. The fraction of sp³-hybridized carbons (Fsp3) is 0.382. The van der Waals surface area contributed by atoms with Gasteiger partial charge in [0, 0.05) is 56.6 Å². The fourth-order valence-corrected chi connectivity index (χ4v) is 6.29. The Bertz CT molecular complexity index is 1950. The highest BCUT2D eigenvalue weighted by Gasteiger charge is 2.30. The number of aromatic nitrogens is 5. The van der Waals surface area contributed by atoms with Crippen molar-refractivity contribution < 1.29 is 14.3 Å². The van der Waals surface area contributed by atoms with E-state index >= 15 is 0 Å². The van der Waals surface area contributed by atoms with Gasteiger partial charge in [-0.05, 0) is 74.6 Å². The molecule has 0 unspecified atom stereocenters. The maximum absolute atomic E-state index is 13.7. The van der Waals surface area contributed by atoms with Crippen LogP contribution in [0.3, 0.4) is 0 Å². The molecule has 2 amide bonds. The molecule has 5 aromatic rings. The van der Waals surface area contributed by atoms with Crippen molar-refractivity contribution in [2.24, 2.45) is 18.7 Å². The third-order valence-corrected chi connectivity index (χ3v) is 9.13. The molecular formula is C34H39N9O3. The molecule has 1 saturated carbocycles. The van der Waals surface area contributed by atoms with Crippen LogP contribution in [-0.2, 0) is 13.6 Å². The molecule has 3 N–H and O–H groups in total. The van der Waals surface area contributed by atoms with Gasteiger partial charge in [0.25, 0.3) is 11.8 Å². The first kappa shape index (κ1) is 29.9. The topological polar surface area (TPSA) is 136 Å². The number of aryl methyl sites for hydroxylation is 1. The fourth-order valence-electron chi connectivity index (χ4n) is 6.29. The minimum Gasteiger partial charge on any atom is -0.494 e. The van der Waals surface area contributed by atoms with Crippen LogP contribution in [-0.4, -0.2) is 79.2 Å². The van der Waals surface area contributed by atoms with Crippen LogP contribution >= 0.6 is 0 Å². The smallest absolute Gasteiger partial charge is 0.268 e. The Kier molecular flexibility index (Phi) is 7.69. The molecule has 1 aliphatic carbocycles. The van der Waals surface area contributed by atoms with Gasteiger partial charge >= 0.3 is 0 Å². The van der Waals surface area contributed by atoms with E-state index < -0.39 is 0 Å². The van der Waals surface area contributed by atoms with Crippen molar-refractivity contribution in [2.45, 2.75) is 44.8 Å². The number of nitrogens with one attached hydrogen (secondary N) is 1. The van der Waals surface area contributed by atoms with Crippen LogP contribution in [0.15, 0.2) is 54.9 Å². The van der Waals surface area contributed by atoms with Crippen LogP contribution in [0.25, 0.3) is 33.6 Å². The van der Waals surface area contributed by atoms with Crippen molar-refractivity contribution in [3.63, 3.8) is 0 Å². The Morgan fingerprint density at radius 2 is 1.91 bits per heavy atom. The van der Waals surface area contributed by atoms with Gasteiger partial charge in [0.05, 0.1) is 42.2 Å². The van der Waals surface area contributed by atoms with Crippen molar-refractivity contribution in [3.05, 3.63) is 71.7 Å². The number of hydrogen-bond donors (Lipinski definition) is 2. The number of pyridine rings is 2. The lowest BCUT2D eigenvalue weighted by molar-refractivity contribution is -0.0168. The minimum absolute atomic E-state index is 0.0600. The number of methoxy groups -OCH3 is 1. The Hall–Kier alpha value is -4.81. The monoisotopic (exact) mass is 621 g/mol. The van der Waals surface area contributed by atoms with Crippen LogP contribution in [0.5, 0.6) is 5.75 Å². The first-order valence-corrected chi connectivity index (χ1v) is 15.8. The Labute approximate surface area is 267 Å². The number of nitrogens with two attached hydrogens (primary N) is 1. The van der Waals surface area contributed by atoms with E-state index in [-0.39, 0.29) is 23.9 Å². The molecule has 0 spiro atoms. The minimum atomic E-state index is -0.311. The summed E-state index contributed by atoms with van der Waals surface area (Å²) in [6.45, 7) is 3.93. The quantitative estimate of drug-likeness (QED) is 0.266. The lowest BCUT2D eigenvalue weighted by Crippen LogP contribution is -2.55. The predicted molar refractivity (Wildman–Crippen MR) is 175 cm³/mol. The van der Waals surface area contributed by atoms with E-state index in [2.05, 4.69) is 27.0 Å². The predicted octanol–water partition coefficient (Wildman–Crippen LogP) is 3.91. The van der Waals surface area contributed by atoms with Gasteiger partial charge in [-0.1, -0.05) is 0 Å². The molecule has 2 fully saturated rings. The van der Waals surface area contributed by atoms with Gasteiger partial charge < -0.3 is 24.9 Å². The largest absolute Gasteiger partial charge is 0.494 e. The highest BCUT2D eigenvalue weighted by atomic mass is 16.5. The third-order valence-electron chi connectivity index (χ3n) is 9.13. The Balaban J connectivity index is 1.27. The zero-order chi connectivity index (χ0) is 32.1. The lowest BCUT2D eigenvalue weighted by atomic mass is 10.1. The summed E-state index contributed by atoms with van der Waals surface area (Å²) in [6, 6.07) is 12.9. The highest BCUT2D eigenvalue weighted by Crippen LogP contribution is 2.38. The second-order valence-electron chi connectivity index (χ2n) is 12.5. The standard InChI is InChI=1S/C34H39N9O3/c1-20(37-33(44)23-6-5-12-36-17-23)26-10-9-22-15-28(42(31(22)38-26)18-21-7-8-21)32-39-27-14-24(16-29(46-4)30(27)41(32)3)34(45)43-19-25(35)11-13-40(43)2/h5-6,9-10,12,14-17,20-21,25H,7-8,11,13,18-19,35H2,1-4H3,(H,37,44)/t20-,25-/m1/s1. The summed E-state index contributed by atoms with van der Waals surface area (Å²) < 4.78 is 10.1. The van der Waals surface area contributed by atoms with Crippen molar-refractivity contribution in [1.29, 1.82) is 0 Å². The maximum Gasteiger partial charge on any atom is 0.268 e. The molecule has 1 aromatic carbocycles. The molecule has 5 heterocycles. The van der Waals surface area contributed by atoms with E-state index in [0.717, 1.165) is 53.3 Å². The Morgan fingerprint density at radius 3 is 2.65 bits per heavy atom. The molecule has 7 rings (SSSR count). The van der Waals surface area contributed by atoms with Crippen molar-refractivity contribution in [2.75, 3.05) is 27.2 Å². The van der Waals surface area contributed by atoms with Gasteiger partial charge in [0.2, 0.25) is 0 Å². The number of imidazole rings is 1. The van der Waals surface area contributed by atoms with E-state index in [0.29, 0.717) is 34.9 Å². The van der Waals surface area contributed by atoms with Gasteiger partial charge in [-0.25, -0.2) is 15.0 Å². The van der Waals surface area contributed by atoms with Crippen LogP contribution in [0, 0.1) is 5.92 Å². The summed E-state index contributed by atoms with van der Waals surface area (Å²) in [5.41, 5.74) is 11.2. The van der Waals surface area contributed by atoms with E-state index in [1.807, 2.05) is 42.7 Å². The second-order valence-corrected chi connectivity index (χ2v) is 12.5. The first-order valence-electron chi connectivity index (χ1n) is 15.8. The lowest BCUT2D eigenvalue weighted by Gasteiger charge is -2.38. The molecule has 2 atom stereocenters. The number of hydrogen-bond acceptors (Lipinski definition) is 8. The first-order chi connectivity index (χ1) is 22.2. The number of ether oxygens (including phenoxy) is 1. The summed E-state index contributed by atoms with van der Waals surface area (Å²) in [7, 11) is 5.49. The van der Waals surface area contributed by atoms with E-state index in [1.54, 1.807) is 42.7 Å². The van der Waals surface area contributed by atoms with Gasteiger partial charge in [-0.2, -0.15) is 0 Å². The molecule has 2 aliphatic rings. The normalized spacial score (nSPS) is 17.8. The maximum atomic E-state index is 13.7. The van der Waals surface area contributed by atoms with E-state index in [4.69, 9.17) is 20.4 Å². The molecule has 0 radical (unpaired) electrons. The summed E-state index contributed by atoms with van der Waals surface area (Å²) in [4.78, 5) is 40.7. The SMILES string of the molecule is COc1cc(C(=O)N2C[C@H](N)CCN2C)cc2nc(-c3cc4ccc([C@@H](C)NC(=O)c5cccnc5)nc4n3CC3CC3)n(C)c12. The molecule has 1 saturated heterocycles. The molecule has 238 valence electrons. The van der Waals surface area contributed by atoms with Crippen molar-refractivity contribution >= 4 is 33.9 Å². The number of nitrogens with zero attached hydrogens (tertiary/aromatic N) is 7.